The van der Waals surface area contributed by atoms with Crippen LogP contribution in [0.4, 0.5) is 0 Å². The average Bonchev–Trinajstić information content (AvgIpc) is 3.23. The Morgan fingerprint density at radius 2 is 0.661 bits per heavy atom. The lowest BCUT2D eigenvalue weighted by atomic mass is 10.0. The first kappa shape index (κ1) is 55.9. The molecular weight excluding hydrogens is 733 g/mol. The lowest BCUT2D eigenvalue weighted by Gasteiger charge is -2.18. The molecule has 0 aliphatic rings. The Balaban J connectivity index is 4.25. The van der Waals surface area contributed by atoms with E-state index in [0.717, 1.165) is 109 Å². The van der Waals surface area contributed by atoms with Crippen molar-refractivity contribution in [3.8, 4) is 0 Å². The zero-order chi connectivity index (χ0) is 43.0. The molecule has 6 nitrogen and oxygen atoms in total. The summed E-state index contributed by atoms with van der Waals surface area (Å²) in [5, 5.41) is 0. The average molecular weight is 823 g/mol. The van der Waals surface area contributed by atoms with Crippen LogP contribution in [-0.2, 0) is 28.6 Å². The van der Waals surface area contributed by atoms with Crippen LogP contribution in [0.1, 0.15) is 226 Å². The smallest absolute Gasteiger partial charge is 0.306 e. The Morgan fingerprint density at radius 1 is 0.356 bits per heavy atom. The summed E-state index contributed by atoms with van der Waals surface area (Å²) in [6, 6.07) is 0. The summed E-state index contributed by atoms with van der Waals surface area (Å²) < 4.78 is 16.6. The van der Waals surface area contributed by atoms with E-state index in [2.05, 4.69) is 93.7 Å². The van der Waals surface area contributed by atoms with Gasteiger partial charge in [-0.1, -0.05) is 209 Å². The monoisotopic (exact) mass is 823 g/mol. The van der Waals surface area contributed by atoms with Gasteiger partial charge in [-0.3, -0.25) is 14.4 Å². The van der Waals surface area contributed by atoms with Gasteiger partial charge in [-0.25, -0.2) is 0 Å². The second-order valence-corrected chi connectivity index (χ2v) is 16.0. The number of allylic oxidation sites excluding steroid dienone is 12. The highest BCUT2D eigenvalue weighted by molar-refractivity contribution is 5.71. The number of hydrogen-bond donors (Lipinski definition) is 0. The van der Waals surface area contributed by atoms with Gasteiger partial charge in [0.15, 0.2) is 6.10 Å². The first-order chi connectivity index (χ1) is 29.0. The van der Waals surface area contributed by atoms with Gasteiger partial charge >= 0.3 is 17.9 Å². The van der Waals surface area contributed by atoms with E-state index in [9.17, 15) is 14.4 Å². The molecule has 0 N–H and O–H groups in total. The summed E-state index contributed by atoms with van der Waals surface area (Å²) in [5.74, 6) is -0.919. The van der Waals surface area contributed by atoms with Crippen LogP contribution in [0.15, 0.2) is 72.9 Å². The quantitative estimate of drug-likeness (QED) is 0.0264. The van der Waals surface area contributed by atoms with Crippen LogP contribution in [0.25, 0.3) is 0 Å². The number of esters is 3. The van der Waals surface area contributed by atoms with E-state index in [1.807, 2.05) is 0 Å². The number of unbranched alkanes of at least 4 members (excludes halogenated alkanes) is 20. The number of carbonyl (C=O) groups excluding carboxylic acids is 3. The highest BCUT2D eigenvalue weighted by Crippen LogP contribution is 2.14. The van der Waals surface area contributed by atoms with E-state index in [1.165, 1.54) is 77.0 Å². The molecule has 0 rings (SSSR count). The zero-order valence-corrected chi connectivity index (χ0v) is 38.5. The third-order valence-electron chi connectivity index (χ3n) is 10.2. The highest BCUT2D eigenvalue weighted by Gasteiger charge is 2.19. The van der Waals surface area contributed by atoms with E-state index in [-0.39, 0.29) is 31.1 Å². The minimum Gasteiger partial charge on any atom is -0.462 e. The summed E-state index contributed by atoms with van der Waals surface area (Å²) in [4.78, 5) is 37.6. The van der Waals surface area contributed by atoms with Crippen molar-refractivity contribution in [1.29, 1.82) is 0 Å². The minimum atomic E-state index is -0.779. The molecule has 0 saturated heterocycles. The third kappa shape index (κ3) is 45.8. The van der Waals surface area contributed by atoms with Crippen LogP contribution in [0.2, 0.25) is 0 Å². The largest absolute Gasteiger partial charge is 0.462 e. The van der Waals surface area contributed by atoms with Gasteiger partial charge < -0.3 is 14.2 Å². The Kier molecular flexibility index (Phi) is 45.0. The molecule has 0 aromatic heterocycles. The first-order valence-electron chi connectivity index (χ1n) is 24.4. The van der Waals surface area contributed by atoms with Gasteiger partial charge in [-0.05, 0) is 70.6 Å². The van der Waals surface area contributed by atoms with Crippen molar-refractivity contribution < 1.29 is 28.6 Å². The normalized spacial score (nSPS) is 12.7. The molecule has 1 atom stereocenters. The SMILES string of the molecule is CC/C=C\C/C=C\C/C=C\C/C=C\C/C=C\C/C=C\CCCCCCC(=O)OCC(COC(=O)CCCCCCCC)OC(=O)CCCCCCCCCCCCCC. The first-order valence-corrected chi connectivity index (χ1v) is 24.4. The van der Waals surface area contributed by atoms with Crippen LogP contribution in [0.5, 0.6) is 0 Å². The van der Waals surface area contributed by atoms with Gasteiger partial charge in [-0.2, -0.15) is 0 Å². The van der Waals surface area contributed by atoms with Gasteiger partial charge in [0.1, 0.15) is 13.2 Å². The predicted octanol–water partition coefficient (Wildman–Crippen LogP) is 15.9. The Hall–Kier alpha value is -3.15. The standard InChI is InChI=1S/C53H90O6/c1-4-7-10-13-16-18-20-22-23-24-25-26-27-28-29-30-31-32-34-35-37-40-43-46-52(55)58-49-50(48-57-51(54)45-42-39-15-12-9-6-3)59-53(56)47-44-41-38-36-33-21-19-17-14-11-8-5-2/h7,10,16,18,22-23,25-26,28-29,31-32,50H,4-6,8-9,11-15,17,19-21,24,27,30,33-49H2,1-3H3/b10-7-,18-16-,23-22-,26-25-,29-28-,32-31-. The maximum absolute atomic E-state index is 12.7. The fourth-order valence-electron chi connectivity index (χ4n) is 6.56. The molecule has 59 heavy (non-hydrogen) atoms. The van der Waals surface area contributed by atoms with Crippen molar-refractivity contribution in [2.45, 2.75) is 232 Å². The van der Waals surface area contributed by atoms with Gasteiger partial charge in [-0.15, -0.1) is 0 Å². The van der Waals surface area contributed by atoms with Crippen LogP contribution in [0, 0.1) is 0 Å². The van der Waals surface area contributed by atoms with E-state index in [4.69, 9.17) is 14.2 Å². The number of rotatable bonds is 43. The molecule has 0 aromatic carbocycles. The van der Waals surface area contributed by atoms with Crippen LogP contribution < -0.4 is 0 Å². The summed E-state index contributed by atoms with van der Waals surface area (Å²) in [6.45, 7) is 6.43. The number of hydrogen-bond acceptors (Lipinski definition) is 6. The Bertz CT molecular complexity index is 1130. The Morgan fingerprint density at radius 3 is 1.03 bits per heavy atom. The molecule has 0 aliphatic heterocycles. The maximum Gasteiger partial charge on any atom is 0.306 e. The summed E-state index contributed by atoms with van der Waals surface area (Å²) in [6.07, 6.45) is 59.1. The molecule has 0 fully saturated rings. The van der Waals surface area contributed by atoms with Crippen molar-refractivity contribution in [2.75, 3.05) is 13.2 Å². The lowest BCUT2D eigenvalue weighted by Crippen LogP contribution is -2.30. The number of ether oxygens (including phenoxy) is 3. The van der Waals surface area contributed by atoms with Crippen molar-refractivity contribution in [1.82, 2.24) is 0 Å². The predicted molar refractivity (Wildman–Crippen MR) is 251 cm³/mol. The van der Waals surface area contributed by atoms with Gasteiger partial charge in [0.2, 0.25) is 0 Å². The van der Waals surface area contributed by atoms with E-state index >= 15 is 0 Å². The summed E-state index contributed by atoms with van der Waals surface area (Å²) in [7, 11) is 0. The summed E-state index contributed by atoms with van der Waals surface area (Å²) >= 11 is 0. The lowest BCUT2D eigenvalue weighted by molar-refractivity contribution is -0.167. The molecule has 0 radical (unpaired) electrons. The zero-order valence-electron chi connectivity index (χ0n) is 38.5. The van der Waals surface area contributed by atoms with Crippen LogP contribution >= 0.6 is 0 Å². The molecule has 0 heterocycles. The van der Waals surface area contributed by atoms with Crippen LogP contribution in [0.3, 0.4) is 0 Å². The molecule has 0 amide bonds. The minimum absolute atomic E-state index is 0.0826. The van der Waals surface area contributed by atoms with Gasteiger partial charge in [0, 0.05) is 19.3 Å². The van der Waals surface area contributed by atoms with Gasteiger partial charge in [0.25, 0.3) is 0 Å². The molecular formula is C53H90O6. The van der Waals surface area contributed by atoms with Crippen molar-refractivity contribution in [2.24, 2.45) is 0 Å². The topological polar surface area (TPSA) is 78.9 Å². The Labute approximate surface area is 363 Å². The van der Waals surface area contributed by atoms with E-state index in [0.29, 0.717) is 19.3 Å². The molecule has 338 valence electrons. The third-order valence-corrected chi connectivity index (χ3v) is 10.2. The molecule has 0 aromatic rings. The fourth-order valence-corrected chi connectivity index (χ4v) is 6.56. The van der Waals surface area contributed by atoms with Crippen LogP contribution in [-0.4, -0.2) is 37.2 Å². The second kappa shape index (κ2) is 47.5. The number of carbonyl (C=O) groups is 3. The second-order valence-electron chi connectivity index (χ2n) is 16.0. The van der Waals surface area contributed by atoms with Crippen molar-refractivity contribution in [3.05, 3.63) is 72.9 Å². The highest BCUT2D eigenvalue weighted by atomic mass is 16.6. The molecule has 0 saturated carbocycles. The fraction of sp³-hybridized carbons (Fsp3) is 0.717. The molecule has 0 aliphatic carbocycles. The van der Waals surface area contributed by atoms with Crippen molar-refractivity contribution in [3.63, 3.8) is 0 Å². The van der Waals surface area contributed by atoms with Crippen molar-refractivity contribution >= 4 is 17.9 Å². The summed E-state index contributed by atoms with van der Waals surface area (Å²) in [5.41, 5.74) is 0. The van der Waals surface area contributed by atoms with E-state index in [1.54, 1.807) is 0 Å². The molecule has 1 unspecified atom stereocenters. The molecule has 0 spiro atoms. The van der Waals surface area contributed by atoms with Gasteiger partial charge in [0.05, 0.1) is 0 Å². The van der Waals surface area contributed by atoms with E-state index < -0.39 is 6.10 Å². The molecule has 0 bridgehead atoms. The maximum atomic E-state index is 12.7. The molecule has 6 heteroatoms.